The summed E-state index contributed by atoms with van der Waals surface area (Å²) in [6.07, 6.45) is 0. The van der Waals surface area contributed by atoms with Crippen LogP contribution in [0.4, 0.5) is 0 Å². The van der Waals surface area contributed by atoms with E-state index in [-0.39, 0.29) is 40.8 Å². The lowest BCUT2D eigenvalue weighted by Crippen LogP contribution is -2.32. The van der Waals surface area contributed by atoms with Gasteiger partial charge in [0.05, 0.1) is 17.0 Å². The summed E-state index contributed by atoms with van der Waals surface area (Å²) >= 11 is 6.06. The van der Waals surface area contributed by atoms with E-state index in [2.05, 4.69) is 0 Å². The van der Waals surface area contributed by atoms with Crippen molar-refractivity contribution in [2.45, 2.75) is 16.9 Å². The molecule has 25 heavy (non-hydrogen) atoms. The molecule has 0 aromatic heterocycles. The molecule has 2 N–H and O–H groups in total. The number of rotatable bonds is 4. The number of nitrogens with zero attached hydrogens (tertiary/aromatic N) is 1. The summed E-state index contributed by atoms with van der Waals surface area (Å²) in [6, 6.07) is 14.0. The van der Waals surface area contributed by atoms with Gasteiger partial charge in [-0.15, -0.1) is 12.4 Å². The van der Waals surface area contributed by atoms with E-state index >= 15 is 0 Å². The molecule has 0 amide bonds. The third-order valence-corrected chi connectivity index (χ3v) is 6.44. The van der Waals surface area contributed by atoms with Gasteiger partial charge in [-0.3, -0.25) is 0 Å². The van der Waals surface area contributed by atoms with Crippen LogP contribution in [0, 0.1) is 0 Å². The largest absolute Gasteiger partial charge is 0.495 e. The predicted molar refractivity (Wildman–Crippen MR) is 101 cm³/mol. The van der Waals surface area contributed by atoms with Gasteiger partial charge in [-0.2, -0.15) is 4.31 Å². The summed E-state index contributed by atoms with van der Waals surface area (Å²) in [7, 11) is -2.16. The maximum absolute atomic E-state index is 12.9. The molecule has 0 radical (unpaired) electrons. The van der Waals surface area contributed by atoms with Crippen molar-refractivity contribution >= 4 is 34.0 Å². The van der Waals surface area contributed by atoms with E-state index in [9.17, 15) is 8.42 Å². The lowest BCUT2D eigenvalue weighted by molar-refractivity contribution is 0.414. The molecule has 2 aromatic rings. The molecule has 0 unspecified atom stereocenters. The minimum Gasteiger partial charge on any atom is -0.495 e. The number of hydrogen-bond acceptors (Lipinski definition) is 4. The van der Waals surface area contributed by atoms with Crippen molar-refractivity contribution in [2.24, 2.45) is 5.73 Å². The molecule has 2 aromatic carbocycles. The average Bonchev–Trinajstić information content (AvgIpc) is 2.98. The maximum Gasteiger partial charge on any atom is 0.243 e. The highest BCUT2D eigenvalue weighted by molar-refractivity contribution is 7.89. The first-order chi connectivity index (χ1) is 11.4. The van der Waals surface area contributed by atoms with Gasteiger partial charge in [0.15, 0.2) is 0 Å². The topological polar surface area (TPSA) is 72.6 Å². The number of methoxy groups -OCH3 is 1. The summed E-state index contributed by atoms with van der Waals surface area (Å²) in [6.45, 7) is 0.642. The van der Waals surface area contributed by atoms with Gasteiger partial charge in [0.25, 0.3) is 0 Å². The number of ether oxygens (including phenoxy) is 1. The van der Waals surface area contributed by atoms with Crippen LogP contribution in [0.15, 0.2) is 53.4 Å². The van der Waals surface area contributed by atoms with E-state index < -0.39 is 10.0 Å². The average molecular weight is 403 g/mol. The first-order valence-corrected chi connectivity index (χ1v) is 9.39. The Balaban J connectivity index is 0.00000225. The fourth-order valence-electron chi connectivity index (χ4n) is 3.00. The van der Waals surface area contributed by atoms with E-state index in [1.165, 1.54) is 23.5 Å². The molecule has 0 aliphatic carbocycles. The summed E-state index contributed by atoms with van der Waals surface area (Å²) < 4.78 is 32.3. The van der Waals surface area contributed by atoms with Crippen LogP contribution in [0.2, 0.25) is 5.02 Å². The third kappa shape index (κ3) is 3.93. The standard InChI is InChI=1S/C17H19ClN2O3S.ClH/c1-23-17-8-7-13(9-15(17)18)24(21,22)20-10-14(16(19)11-20)12-5-3-2-4-6-12;/h2-9,14,16H,10-11,19H2,1H3;1H/t14-,16+;/m0./s1. The van der Waals surface area contributed by atoms with Crippen LogP contribution in [0.25, 0.3) is 0 Å². The van der Waals surface area contributed by atoms with E-state index in [0.29, 0.717) is 12.3 Å². The zero-order valence-electron chi connectivity index (χ0n) is 13.6. The van der Waals surface area contributed by atoms with Crippen molar-refractivity contribution in [3.63, 3.8) is 0 Å². The number of halogens is 2. The SMILES string of the molecule is COc1ccc(S(=O)(=O)N2C[C@@H](N)[C@H](c3ccccc3)C2)cc1Cl.Cl. The van der Waals surface area contributed by atoms with Crippen LogP contribution in [0.3, 0.4) is 0 Å². The Morgan fingerprint density at radius 3 is 2.44 bits per heavy atom. The molecule has 1 aliphatic heterocycles. The lowest BCUT2D eigenvalue weighted by atomic mass is 9.95. The van der Waals surface area contributed by atoms with Crippen LogP contribution < -0.4 is 10.5 Å². The van der Waals surface area contributed by atoms with Crippen LogP contribution in [-0.2, 0) is 10.0 Å². The van der Waals surface area contributed by atoms with Gasteiger partial charge in [0.1, 0.15) is 5.75 Å². The summed E-state index contributed by atoms with van der Waals surface area (Å²) in [5.41, 5.74) is 7.25. The molecule has 136 valence electrons. The second-order valence-corrected chi connectivity index (χ2v) is 8.14. The molecule has 0 bridgehead atoms. The summed E-state index contributed by atoms with van der Waals surface area (Å²) in [4.78, 5) is 0.147. The van der Waals surface area contributed by atoms with Crippen molar-refractivity contribution in [1.82, 2.24) is 4.31 Å². The maximum atomic E-state index is 12.9. The summed E-state index contributed by atoms with van der Waals surface area (Å²) in [5, 5.41) is 0.265. The Labute approximate surface area is 159 Å². The Kier molecular flexibility index (Phi) is 6.35. The van der Waals surface area contributed by atoms with Gasteiger partial charge in [-0.05, 0) is 23.8 Å². The van der Waals surface area contributed by atoms with Gasteiger partial charge < -0.3 is 10.5 Å². The second-order valence-electron chi connectivity index (χ2n) is 5.80. The molecule has 2 atom stereocenters. The zero-order valence-corrected chi connectivity index (χ0v) is 16.0. The first kappa shape index (κ1) is 20.0. The van der Waals surface area contributed by atoms with Crippen LogP contribution >= 0.6 is 24.0 Å². The van der Waals surface area contributed by atoms with Crippen LogP contribution in [0.1, 0.15) is 11.5 Å². The Bertz CT molecular complexity index is 831. The molecule has 1 saturated heterocycles. The summed E-state index contributed by atoms with van der Waals surface area (Å²) in [5.74, 6) is 0.422. The number of sulfonamides is 1. The molecule has 3 rings (SSSR count). The molecule has 1 aliphatic rings. The predicted octanol–water partition coefficient (Wildman–Crippen LogP) is 2.89. The van der Waals surface area contributed by atoms with E-state index in [4.69, 9.17) is 22.1 Å². The fraction of sp³-hybridized carbons (Fsp3) is 0.294. The van der Waals surface area contributed by atoms with Gasteiger partial charge in [-0.1, -0.05) is 41.9 Å². The highest BCUT2D eigenvalue weighted by Gasteiger charge is 2.38. The second kappa shape index (κ2) is 7.93. The van der Waals surface area contributed by atoms with Crippen molar-refractivity contribution in [3.05, 3.63) is 59.1 Å². The van der Waals surface area contributed by atoms with Crippen molar-refractivity contribution in [1.29, 1.82) is 0 Å². The van der Waals surface area contributed by atoms with Gasteiger partial charge in [0.2, 0.25) is 10.0 Å². The molecule has 8 heteroatoms. The van der Waals surface area contributed by atoms with E-state index in [1.54, 1.807) is 6.07 Å². The monoisotopic (exact) mass is 402 g/mol. The highest BCUT2D eigenvalue weighted by Crippen LogP contribution is 2.33. The number of benzene rings is 2. The number of hydrogen-bond donors (Lipinski definition) is 1. The van der Waals surface area contributed by atoms with Crippen molar-refractivity contribution in [3.8, 4) is 5.75 Å². The molecule has 5 nitrogen and oxygen atoms in total. The quantitative estimate of drug-likeness (QED) is 0.852. The van der Waals surface area contributed by atoms with E-state index in [0.717, 1.165) is 5.56 Å². The lowest BCUT2D eigenvalue weighted by Gasteiger charge is -2.17. The molecule has 0 saturated carbocycles. The molecule has 0 spiro atoms. The fourth-order valence-corrected chi connectivity index (χ4v) is 4.85. The molecular weight excluding hydrogens is 383 g/mol. The zero-order chi connectivity index (χ0) is 17.3. The smallest absolute Gasteiger partial charge is 0.243 e. The van der Waals surface area contributed by atoms with Crippen LogP contribution in [-0.4, -0.2) is 39.0 Å². The Hall–Kier alpha value is -1.31. The number of nitrogens with two attached hydrogens (primary N) is 1. The van der Waals surface area contributed by atoms with Crippen molar-refractivity contribution < 1.29 is 13.2 Å². The highest BCUT2D eigenvalue weighted by atomic mass is 35.5. The van der Waals surface area contributed by atoms with Crippen LogP contribution in [0.5, 0.6) is 5.75 Å². The first-order valence-electron chi connectivity index (χ1n) is 7.57. The Morgan fingerprint density at radius 1 is 1.16 bits per heavy atom. The van der Waals surface area contributed by atoms with Gasteiger partial charge >= 0.3 is 0 Å². The van der Waals surface area contributed by atoms with Gasteiger partial charge in [0, 0.05) is 25.0 Å². The Morgan fingerprint density at radius 2 is 1.84 bits per heavy atom. The molecule has 1 heterocycles. The minimum absolute atomic E-state index is 0. The molecular formula is C17H20Cl2N2O3S. The van der Waals surface area contributed by atoms with Crippen molar-refractivity contribution in [2.75, 3.05) is 20.2 Å². The third-order valence-electron chi connectivity index (χ3n) is 4.32. The van der Waals surface area contributed by atoms with Gasteiger partial charge in [-0.25, -0.2) is 8.42 Å². The minimum atomic E-state index is -3.65. The molecule has 1 fully saturated rings. The normalized spacial score (nSPS) is 20.9. The van der Waals surface area contributed by atoms with E-state index in [1.807, 2.05) is 30.3 Å².